The summed E-state index contributed by atoms with van der Waals surface area (Å²) in [6, 6.07) is 6.22. The van der Waals surface area contributed by atoms with Gasteiger partial charge in [-0.1, -0.05) is 25.5 Å². The summed E-state index contributed by atoms with van der Waals surface area (Å²) in [7, 11) is 0. The summed E-state index contributed by atoms with van der Waals surface area (Å²) in [5, 5.41) is 0.499. The number of carbonyl (C=O) groups excluding carboxylic acids is 4. The number of ketones is 1. The molecule has 1 aliphatic rings. The summed E-state index contributed by atoms with van der Waals surface area (Å²) in [5.74, 6) is -2.91. The number of unbranched alkanes of at least 4 members (excludes halogenated alkanes) is 1. The normalized spacial score (nSPS) is 15.7. The number of imide groups is 1. The number of hydrogen-bond acceptors (Lipinski definition) is 6. The third-order valence-electron chi connectivity index (χ3n) is 4.06. The molecule has 2 amide bonds. The Morgan fingerprint density at radius 2 is 1.64 bits per heavy atom. The Balaban J connectivity index is 2.40. The Morgan fingerprint density at radius 3 is 2.08 bits per heavy atom. The van der Waals surface area contributed by atoms with Crippen molar-refractivity contribution in [2.75, 3.05) is 6.61 Å². The maximum Gasteiger partial charge on any atom is 0.349 e. The molecule has 1 aromatic rings. The van der Waals surface area contributed by atoms with E-state index < -0.39 is 29.2 Å². The van der Waals surface area contributed by atoms with Crippen molar-refractivity contribution in [3.8, 4) is 0 Å². The molecule has 0 aromatic heterocycles. The Kier molecular flexibility index (Phi) is 5.69. The van der Waals surface area contributed by atoms with Crippen LogP contribution in [0.3, 0.4) is 0 Å². The molecule has 134 valence electrons. The number of benzene rings is 1. The monoisotopic (exact) mass is 347 g/mol. The van der Waals surface area contributed by atoms with E-state index in [-0.39, 0.29) is 24.2 Å². The van der Waals surface area contributed by atoms with Crippen LogP contribution in [0.1, 0.15) is 60.7 Å². The molecule has 1 unspecified atom stereocenters. The van der Waals surface area contributed by atoms with Crippen molar-refractivity contribution in [3.63, 3.8) is 0 Å². The zero-order valence-electron chi connectivity index (χ0n) is 14.5. The van der Waals surface area contributed by atoms with E-state index >= 15 is 0 Å². The molecular weight excluding hydrogens is 326 g/mol. The molecule has 1 heterocycles. The number of hydrogen-bond donors (Lipinski definition) is 0. The van der Waals surface area contributed by atoms with Gasteiger partial charge in [-0.25, -0.2) is 9.63 Å². The van der Waals surface area contributed by atoms with Gasteiger partial charge >= 0.3 is 5.97 Å². The van der Waals surface area contributed by atoms with Gasteiger partial charge in [-0.3, -0.25) is 14.4 Å². The highest BCUT2D eigenvalue weighted by atomic mass is 16.7. The molecule has 0 N–H and O–H groups in total. The maximum atomic E-state index is 12.5. The summed E-state index contributed by atoms with van der Waals surface area (Å²) in [4.78, 5) is 55.2. The second-order valence-electron chi connectivity index (χ2n) is 5.75. The molecule has 0 aliphatic carbocycles. The number of amides is 2. The zero-order chi connectivity index (χ0) is 18.6. The van der Waals surface area contributed by atoms with Crippen LogP contribution in [0.4, 0.5) is 0 Å². The minimum Gasteiger partial charge on any atom is -0.463 e. The van der Waals surface area contributed by atoms with E-state index in [1.54, 1.807) is 19.1 Å². The highest BCUT2D eigenvalue weighted by molar-refractivity contribution is 6.20. The number of hydroxylamine groups is 2. The molecule has 0 fully saturated rings. The van der Waals surface area contributed by atoms with Crippen molar-refractivity contribution in [3.05, 3.63) is 35.4 Å². The van der Waals surface area contributed by atoms with Gasteiger partial charge in [0.2, 0.25) is 0 Å². The standard InChI is InChI=1S/C18H21NO6/c1-4-6-11-18(12(3)20,17(23)24-5-2)25-19-15(21)13-9-7-8-10-14(13)16(19)22/h7-10H,4-6,11H2,1-3H3. The number of carbonyl (C=O) groups is 4. The zero-order valence-corrected chi connectivity index (χ0v) is 14.5. The van der Waals surface area contributed by atoms with E-state index in [1.807, 2.05) is 6.92 Å². The molecule has 0 bridgehead atoms. The number of nitrogens with zero attached hydrogens (tertiary/aromatic N) is 1. The smallest absolute Gasteiger partial charge is 0.349 e. The fraction of sp³-hybridized carbons (Fsp3) is 0.444. The lowest BCUT2D eigenvalue weighted by atomic mass is 9.92. The molecule has 0 saturated carbocycles. The number of esters is 1. The molecule has 2 rings (SSSR count). The average Bonchev–Trinajstić information content (AvgIpc) is 2.83. The van der Waals surface area contributed by atoms with Gasteiger partial charge in [0.25, 0.3) is 17.4 Å². The van der Waals surface area contributed by atoms with Gasteiger partial charge in [0.1, 0.15) is 0 Å². The van der Waals surface area contributed by atoms with Crippen LogP contribution in [-0.4, -0.2) is 40.8 Å². The van der Waals surface area contributed by atoms with E-state index in [0.29, 0.717) is 17.9 Å². The molecule has 0 spiro atoms. The van der Waals surface area contributed by atoms with Gasteiger partial charge in [-0.15, -0.1) is 5.06 Å². The van der Waals surface area contributed by atoms with Crippen LogP contribution in [0.5, 0.6) is 0 Å². The first-order valence-corrected chi connectivity index (χ1v) is 8.24. The Labute approximate surface area is 145 Å². The topological polar surface area (TPSA) is 90.0 Å². The first kappa shape index (κ1) is 18.8. The molecule has 0 radical (unpaired) electrons. The van der Waals surface area contributed by atoms with E-state index in [9.17, 15) is 19.2 Å². The van der Waals surface area contributed by atoms with Crippen LogP contribution in [0, 0.1) is 0 Å². The SMILES string of the molecule is CCCCC(ON1C(=O)c2ccccc2C1=O)(C(C)=O)C(=O)OCC. The van der Waals surface area contributed by atoms with Crippen molar-refractivity contribution in [2.45, 2.75) is 45.6 Å². The quantitative estimate of drug-likeness (QED) is 0.407. The second kappa shape index (κ2) is 7.57. The van der Waals surface area contributed by atoms with Gasteiger partial charge in [0.15, 0.2) is 5.78 Å². The van der Waals surface area contributed by atoms with E-state index in [1.165, 1.54) is 19.1 Å². The minimum absolute atomic E-state index is 0.0189. The van der Waals surface area contributed by atoms with E-state index in [4.69, 9.17) is 9.57 Å². The second-order valence-corrected chi connectivity index (χ2v) is 5.75. The maximum absolute atomic E-state index is 12.5. The predicted molar refractivity (Wildman–Crippen MR) is 87.6 cm³/mol. The third kappa shape index (κ3) is 3.32. The fourth-order valence-electron chi connectivity index (χ4n) is 2.65. The number of ether oxygens (including phenoxy) is 1. The van der Waals surface area contributed by atoms with Crippen molar-refractivity contribution in [1.29, 1.82) is 0 Å². The van der Waals surface area contributed by atoms with Gasteiger partial charge in [-0.05, 0) is 38.8 Å². The van der Waals surface area contributed by atoms with Crippen molar-refractivity contribution < 1.29 is 28.8 Å². The molecule has 7 nitrogen and oxygen atoms in total. The lowest BCUT2D eigenvalue weighted by molar-refractivity contribution is -0.212. The van der Waals surface area contributed by atoms with E-state index in [2.05, 4.69) is 0 Å². The highest BCUT2D eigenvalue weighted by Crippen LogP contribution is 2.30. The molecule has 1 aliphatic heterocycles. The van der Waals surface area contributed by atoms with Crippen LogP contribution in [0.2, 0.25) is 0 Å². The summed E-state index contributed by atoms with van der Waals surface area (Å²) in [6.07, 6.45) is 1.20. The van der Waals surface area contributed by atoms with Crippen molar-refractivity contribution >= 4 is 23.6 Å². The number of fused-ring (bicyclic) bond motifs is 1. The van der Waals surface area contributed by atoms with Gasteiger partial charge in [0.05, 0.1) is 17.7 Å². The van der Waals surface area contributed by atoms with Crippen LogP contribution < -0.4 is 0 Å². The molecular formula is C18H21NO6. The largest absolute Gasteiger partial charge is 0.463 e. The molecule has 1 aromatic carbocycles. The Hall–Kier alpha value is -2.54. The minimum atomic E-state index is -2.01. The molecule has 25 heavy (non-hydrogen) atoms. The molecule has 7 heteroatoms. The molecule has 1 atom stereocenters. The van der Waals surface area contributed by atoms with Gasteiger partial charge < -0.3 is 4.74 Å². The lowest BCUT2D eigenvalue weighted by Crippen LogP contribution is -2.54. The Morgan fingerprint density at radius 1 is 1.08 bits per heavy atom. The number of Topliss-reactive ketones (excluding diaryl/α,β-unsaturated/α-hetero) is 1. The van der Waals surface area contributed by atoms with Gasteiger partial charge in [0, 0.05) is 0 Å². The van der Waals surface area contributed by atoms with Crippen LogP contribution in [-0.2, 0) is 19.2 Å². The lowest BCUT2D eigenvalue weighted by Gasteiger charge is -2.31. The average molecular weight is 347 g/mol. The Bertz CT molecular complexity index is 678. The highest BCUT2D eigenvalue weighted by Gasteiger charge is 2.51. The fourth-order valence-corrected chi connectivity index (χ4v) is 2.65. The van der Waals surface area contributed by atoms with Crippen LogP contribution in [0.15, 0.2) is 24.3 Å². The molecule has 0 saturated heterocycles. The predicted octanol–water partition coefficient (Wildman–Crippen LogP) is 2.30. The summed E-state index contributed by atoms with van der Waals surface area (Å²) < 4.78 is 4.99. The summed E-state index contributed by atoms with van der Waals surface area (Å²) in [6.45, 7) is 4.72. The first-order chi connectivity index (χ1) is 11.9. The van der Waals surface area contributed by atoms with Crippen LogP contribution >= 0.6 is 0 Å². The summed E-state index contributed by atoms with van der Waals surface area (Å²) >= 11 is 0. The first-order valence-electron chi connectivity index (χ1n) is 8.24. The van der Waals surface area contributed by atoms with Crippen molar-refractivity contribution in [1.82, 2.24) is 5.06 Å². The third-order valence-corrected chi connectivity index (χ3v) is 4.06. The van der Waals surface area contributed by atoms with Crippen LogP contribution in [0.25, 0.3) is 0 Å². The summed E-state index contributed by atoms with van der Waals surface area (Å²) in [5.41, 5.74) is -1.67. The van der Waals surface area contributed by atoms with Crippen molar-refractivity contribution in [2.24, 2.45) is 0 Å². The number of rotatable bonds is 8. The van der Waals surface area contributed by atoms with E-state index in [0.717, 1.165) is 0 Å². The van der Waals surface area contributed by atoms with Gasteiger partial charge in [-0.2, -0.15) is 0 Å².